The van der Waals surface area contributed by atoms with Gasteiger partial charge in [-0.15, -0.1) is 0 Å². The van der Waals surface area contributed by atoms with E-state index in [0.717, 1.165) is 70.0 Å². The highest BCUT2D eigenvalue weighted by Crippen LogP contribution is 2.57. The Balaban J connectivity index is 0.000000148. The van der Waals surface area contributed by atoms with Crippen molar-refractivity contribution in [3.63, 3.8) is 0 Å². The molecule has 5 amide bonds. The van der Waals surface area contributed by atoms with Crippen molar-refractivity contribution in [2.24, 2.45) is 28.1 Å². The SMILES string of the molecule is CC(C)(C)CC(=O)Nc1nc2cc(F)cc(F)c2n1C(C)(C)C.CC(C)(C)n1c(NC(=O)CC2CC(F)(F)C2(C)F)nc2cc(F)ccc21.CC(C)(C)n1c(NC(=O)CC2CC(F)(F)C2(C)F)nc2cc(F)ccc21.CC1(CC(=O)Nc2nc3cc(F)cc(F)c3n2C(C)(C)C)CC1.CC1(CC(=O)Nc2nc3cc(F)ccc3n2C2(C)CCC2)CC1. The molecule has 0 aliphatic heterocycles. The maximum Gasteiger partial charge on any atom is 0.281 e. The van der Waals surface area contributed by atoms with Crippen LogP contribution in [0, 0.1) is 68.8 Å². The van der Waals surface area contributed by atoms with Crippen LogP contribution in [0.1, 0.15) is 228 Å². The summed E-state index contributed by atoms with van der Waals surface area (Å²) in [5, 5.41) is 13.6. The van der Waals surface area contributed by atoms with E-state index in [1.807, 2.05) is 104 Å². The molecule has 4 unspecified atom stereocenters. The second-order valence-electron chi connectivity index (χ2n) is 39.5. The third-order valence-corrected chi connectivity index (χ3v) is 23.0. The van der Waals surface area contributed by atoms with Crippen molar-refractivity contribution in [3.05, 3.63) is 120 Å². The summed E-state index contributed by atoms with van der Waals surface area (Å²) < 4.78 is 186. The van der Waals surface area contributed by atoms with Gasteiger partial charge in [-0.2, -0.15) is 0 Å². The van der Waals surface area contributed by atoms with E-state index in [-0.39, 0.29) is 104 Å². The lowest BCUT2D eigenvalue weighted by molar-refractivity contribution is -0.242. The first-order valence-corrected chi connectivity index (χ1v) is 40.5. The molecule has 33 heteroatoms. The Bertz CT molecular complexity index is 5390. The molecular weight excluding hydrogens is 1590 g/mol. The molecule has 5 saturated carbocycles. The molecule has 5 aromatic heterocycles. The zero-order valence-corrected chi connectivity index (χ0v) is 72.0. The van der Waals surface area contributed by atoms with Crippen LogP contribution in [0.4, 0.5) is 86.8 Å². The van der Waals surface area contributed by atoms with Gasteiger partial charge in [-0.1, -0.05) is 34.6 Å². The fourth-order valence-electron chi connectivity index (χ4n) is 15.6. The van der Waals surface area contributed by atoms with E-state index in [1.54, 1.807) is 36.5 Å². The number of hydrogen-bond acceptors (Lipinski definition) is 10. The molecule has 0 radical (unpaired) electrons. The van der Waals surface area contributed by atoms with Crippen LogP contribution < -0.4 is 26.6 Å². The first kappa shape index (κ1) is 91.6. The number of halogens is 13. The van der Waals surface area contributed by atoms with Gasteiger partial charge in [-0.05, 0) is 201 Å². The predicted molar refractivity (Wildman–Crippen MR) is 441 cm³/mol. The number of alkyl halides is 6. The lowest BCUT2D eigenvalue weighted by Crippen LogP contribution is -2.60. The molecule has 5 aromatic carbocycles. The number of benzene rings is 5. The Morgan fingerprint density at radius 2 is 0.669 bits per heavy atom. The molecule has 5 aliphatic rings. The average molecular weight is 1700 g/mol. The molecule has 15 rings (SSSR count). The third kappa shape index (κ3) is 20.2. The summed E-state index contributed by atoms with van der Waals surface area (Å²) in [4.78, 5) is 82.8. The number of amides is 5. The average Bonchev–Trinajstić information content (AvgIpc) is 1.70. The fourth-order valence-corrected chi connectivity index (χ4v) is 15.6. The maximum absolute atomic E-state index is 14.3. The number of rotatable bonds is 15. The van der Waals surface area contributed by atoms with Crippen molar-refractivity contribution in [1.82, 2.24) is 47.8 Å². The van der Waals surface area contributed by atoms with Gasteiger partial charge in [0, 0.05) is 127 Å². The second kappa shape index (κ2) is 32.3. The number of fused-ring (bicyclic) bond motifs is 5. The second-order valence-corrected chi connectivity index (χ2v) is 39.5. The first-order chi connectivity index (χ1) is 55.5. The van der Waals surface area contributed by atoms with E-state index in [2.05, 4.69) is 76.8 Å². The number of anilines is 5. The molecule has 0 bridgehead atoms. The summed E-state index contributed by atoms with van der Waals surface area (Å²) in [7, 11) is 0. The molecule has 121 heavy (non-hydrogen) atoms. The largest absolute Gasteiger partial charge is 0.305 e. The molecule has 0 spiro atoms. The molecule has 20 nitrogen and oxygen atoms in total. The zero-order valence-electron chi connectivity index (χ0n) is 72.0. The van der Waals surface area contributed by atoms with Gasteiger partial charge in [-0.25, -0.2) is 82.0 Å². The Labute approximate surface area is 693 Å². The highest BCUT2D eigenvalue weighted by molar-refractivity contribution is 5.96. The van der Waals surface area contributed by atoms with Gasteiger partial charge >= 0.3 is 0 Å². The van der Waals surface area contributed by atoms with Crippen LogP contribution in [0.3, 0.4) is 0 Å². The molecule has 4 atom stereocenters. The standard InChI is InChI=1S/2C18H21F4N3O.C18H22FN3O.C17H21F2N3O.C17H23F2N3O/c2*1-16(2,3)25-13-6-5-11(19)8-12(13)23-15(25)24-14(26)7-10-9-18(21,22)17(10,4)20;1-17(8-9-17)11-15(23)21-16-20-13-10-12(19)4-5-14(13)22(16)18(2)6-3-7-18;1-16(2,3)22-14-11(19)7-10(18)8-12(14)20-15(22)21-13(23)9-17(4)5-6-17;1-16(2,3)9-13(23)21-15-20-12-8-10(18)7-11(19)14(12)22(15)17(4,5)6/h2*5-6,8,10H,7,9H2,1-4H3,(H,23,24,26);4-5,10H,3,6-9,11H2,1-2H3,(H,20,21,23);7-8H,5-6,9H2,1-4H3,(H,20,21,23);7-8H,9H2,1-6H3,(H,20,21,23). The van der Waals surface area contributed by atoms with E-state index in [9.17, 15) is 81.0 Å². The summed E-state index contributed by atoms with van der Waals surface area (Å²) in [5.41, 5.74) is -3.15. The fraction of sp³-hybridized carbons (Fsp3) is 0.545. The molecule has 5 heterocycles. The van der Waals surface area contributed by atoms with Gasteiger partial charge in [0.1, 0.15) is 40.1 Å². The minimum Gasteiger partial charge on any atom is -0.305 e. The number of nitrogens with one attached hydrogen (secondary N) is 5. The quantitative estimate of drug-likeness (QED) is 0.0609. The van der Waals surface area contributed by atoms with Gasteiger partial charge in [-0.3, -0.25) is 50.6 Å². The Morgan fingerprint density at radius 1 is 0.372 bits per heavy atom. The number of nitrogens with zero attached hydrogens (tertiary/aromatic N) is 10. The maximum atomic E-state index is 14.3. The normalized spacial score (nSPS) is 20.4. The summed E-state index contributed by atoms with van der Waals surface area (Å²) in [5.74, 6) is -13.1. The topological polar surface area (TPSA) is 235 Å². The summed E-state index contributed by atoms with van der Waals surface area (Å²) in [6.45, 7) is 36.5. The number of hydrogen-bond donors (Lipinski definition) is 5. The Kier molecular flexibility index (Phi) is 24.4. The van der Waals surface area contributed by atoms with Gasteiger partial charge in [0.25, 0.3) is 11.8 Å². The Hall–Kier alpha value is -10.1. The molecule has 656 valence electrons. The van der Waals surface area contributed by atoms with Gasteiger partial charge in [0.15, 0.2) is 23.0 Å². The minimum absolute atomic E-state index is 0.00458. The molecule has 5 fully saturated rings. The van der Waals surface area contributed by atoms with E-state index in [4.69, 9.17) is 0 Å². The minimum atomic E-state index is -3.41. The number of carbonyl (C=O) groups is 5. The van der Waals surface area contributed by atoms with Crippen LogP contribution >= 0.6 is 0 Å². The van der Waals surface area contributed by atoms with Crippen LogP contribution in [-0.4, -0.2) is 100 Å². The molecule has 5 aliphatic carbocycles. The monoisotopic (exact) mass is 1700 g/mol. The Morgan fingerprint density at radius 3 is 0.983 bits per heavy atom. The van der Waals surface area contributed by atoms with E-state index >= 15 is 0 Å². The number of carbonyl (C=O) groups excluding carboxylic acids is 5. The first-order valence-electron chi connectivity index (χ1n) is 40.5. The lowest BCUT2D eigenvalue weighted by Gasteiger charge is -2.47. The van der Waals surface area contributed by atoms with E-state index in [0.29, 0.717) is 52.8 Å². The molecule has 5 N–H and O–H groups in total. The smallest absolute Gasteiger partial charge is 0.281 e. The van der Waals surface area contributed by atoms with Gasteiger partial charge in [0.05, 0.1) is 44.1 Å². The molecular formula is C88H108F13N15O5. The van der Waals surface area contributed by atoms with Crippen LogP contribution in [0.15, 0.2) is 78.9 Å². The molecule has 10 aromatic rings. The van der Waals surface area contributed by atoms with Crippen molar-refractivity contribution in [3.8, 4) is 0 Å². The van der Waals surface area contributed by atoms with E-state index < -0.39 is 117 Å². The molecule has 0 saturated heterocycles. The summed E-state index contributed by atoms with van der Waals surface area (Å²) in [6, 6.07) is 16.9. The van der Waals surface area contributed by atoms with Gasteiger partial charge < -0.3 is 22.8 Å². The highest BCUT2D eigenvalue weighted by atomic mass is 19.3. The number of imidazole rings is 5. The van der Waals surface area contributed by atoms with Crippen LogP contribution in [0.2, 0.25) is 0 Å². The highest BCUT2D eigenvalue weighted by Gasteiger charge is 2.68. The summed E-state index contributed by atoms with van der Waals surface area (Å²) in [6.07, 6.45) is 6.76. The van der Waals surface area contributed by atoms with Crippen molar-refractivity contribution >= 4 is 114 Å². The van der Waals surface area contributed by atoms with Crippen molar-refractivity contribution in [2.45, 2.75) is 279 Å². The zero-order chi connectivity index (χ0) is 89.8. The van der Waals surface area contributed by atoms with Crippen molar-refractivity contribution in [1.29, 1.82) is 0 Å². The van der Waals surface area contributed by atoms with E-state index in [1.165, 1.54) is 55.0 Å². The predicted octanol–water partition coefficient (Wildman–Crippen LogP) is 22.1. The van der Waals surface area contributed by atoms with Crippen molar-refractivity contribution < 1.29 is 81.0 Å². The summed E-state index contributed by atoms with van der Waals surface area (Å²) >= 11 is 0. The van der Waals surface area contributed by atoms with Crippen LogP contribution in [-0.2, 0) is 51.7 Å². The number of aromatic nitrogens is 10. The lowest BCUT2D eigenvalue weighted by atomic mass is 9.67. The van der Waals surface area contributed by atoms with Crippen molar-refractivity contribution in [2.75, 3.05) is 26.6 Å². The third-order valence-electron chi connectivity index (χ3n) is 23.0. The van der Waals surface area contributed by atoms with Crippen LogP contribution in [0.25, 0.3) is 55.2 Å². The van der Waals surface area contributed by atoms with Crippen LogP contribution in [0.5, 0.6) is 0 Å². The van der Waals surface area contributed by atoms with Gasteiger partial charge in [0.2, 0.25) is 59.3 Å².